The Hall–Kier alpha value is -3.32. The zero-order chi connectivity index (χ0) is 20.6. The summed E-state index contributed by atoms with van der Waals surface area (Å²) in [7, 11) is 0. The summed E-state index contributed by atoms with van der Waals surface area (Å²) in [6.45, 7) is 5.46. The van der Waals surface area contributed by atoms with Crippen molar-refractivity contribution in [2.45, 2.75) is 26.4 Å². The Labute approximate surface area is 172 Å². The normalized spacial score (nSPS) is 11.6. The molecule has 0 radical (unpaired) electrons. The van der Waals surface area contributed by atoms with Crippen molar-refractivity contribution in [2.75, 3.05) is 5.32 Å². The Balaban J connectivity index is 1.54. The fourth-order valence-corrected chi connectivity index (χ4v) is 2.88. The summed E-state index contributed by atoms with van der Waals surface area (Å²) in [4.78, 5) is 20.9. The number of hydrogen-bond donors (Lipinski definition) is 1. The van der Waals surface area contributed by atoms with Crippen molar-refractivity contribution in [2.24, 2.45) is 0 Å². The number of nitrogens with zero attached hydrogens (tertiary/aromatic N) is 3. The van der Waals surface area contributed by atoms with E-state index in [1.54, 1.807) is 24.4 Å². The summed E-state index contributed by atoms with van der Waals surface area (Å²) in [6, 6.07) is 13.1. The lowest BCUT2D eigenvalue weighted by atomic mass is 10.2. The van der Waals surface area contributed by atoms with Crippen LogP contribution >= 0.6 is 11.6 Å². The Morgan fingerprint density at radius 2 is 1.90 bits per heavy atom. The van der Waals surface area contributed by atoms with Gasteiger partial charge in [0.05, 0.1) is 17.2 Å². The van der Waals surface area contributed by atoms with Crippen LogP contribution in [0, 0.1) is 0 Å². The van der Waals surface area contributed by atoms with E-state index in [1.165, 1.54) is 10.9 Å². The Morgan fingerprint density at radius 1 is 1.14 bits per heavy atom. The van der Waals surface area contributed by atoms with E-state index in [4.69, 9.17) is 20.8 Å². The van der Waals surface area contributed by atoms with Gasteiger partial charge >= 0.3 is 6.09 Å². The van der Waals surface area contributed by atoms with Crippen LogP contribution < -0.4 is 5.32 Å². The molecule has 2 aromatic heterocycles. The molecule has 0 bridgehead atoms. The van der Waals surface area contributed by atoms with Gasteiger partial charge in [-0.2, -0.15) is 0 Å². The van der Waals surface area contributed by atoms with E-state index in [9.17, 15) is 4.79 Å². The number of halogens is 1. The van der Waals surface area contributed by atoms with Crippen molar-refractivity contribution in [1.82, 2.24) is 14.5 Å². The molecule has 29 heavy (non-hydrogen) atoms. The fraction of sp³-hybridized carbons (Fsp3) is 0.190. The number of anilines is 2. The first-order chi connectivity index (χ1) is 13.8. The van der Waals surface area contributed by atoms with Gasteiger partial charge in [0.25, 0.3) is 6.01 Å². The molecule has 7 nitrogen and oxygen atoms in total. The molecule has 0 atom stereocenters. The highest BCUT2D eigenvalue weighted by molar-refractivity contribution is 6.30. The molecule has 148 valence electrons. The molecule has 0 aliphatic carbocycles. The van der Waals surface area contributed by atoms with Crippen LogP contribution in [-0.2, 0) is 4.74 Å². The van der Waals surface area contributed by atoms with Gasteiger partial charge in [-0.15, -0.1) is 0 Å². The molecular formula is C21H19ClN4O3. The zero-order valence-corrected chi connectivity index (χ0v) is 16.9. The number of nitrogens with one attached hydrogen (secondary N) is 1. The molecule has 4 rings (SSSR count). The number of rotatable bonds is 3. The second-order valence-corrected chi connectivity index (χ2v) is 7.90. The van der Waals surface area contributed by atoms with Gasteiger partial charge in [0.1, 0.15) is 11.9 Å². The van der Waals surface area contributed by atoms with Crippen LogP contribution in [0.1, 0.15) is 20.8 Å². The number of fused-ring (bicyclic) bond motifs is 1. The first kappa shape index (κ1) is 19.0. The number of hydrogen-bond acceptors (Lipinski definition) is 6. The van der Waals surface area contributed by atoms with Crippen LogP contribution in [-0.4, -0.2) is 26.2 Å². The molecule has 1 N–H and O–H groups in total. The minimum atomic E-state index is -0.581. The van der Waals surface area contributed by atoms with Gasteiger partial charge < -0.3 is 14.5 Å². The topological polar surface area (TPSA) is 82.2 Å². The summed E-state index contributed by atoms with van der Waals surface area (Å²) < 4.78 is 12.5. The number of carbonyl (C=O) groups excluding carboxylic acids is 1. The van der Waals surface area contributed by atoms with Crippen LogP contribution in [0.25, 0.3) is 22.4 Å². The van der Waals surface area contributed by atoms with E-state index in [2.05, 4.69) is 15.3 Å². The van der Waals surface area contributed by atoms with Crippen molar-refractivity contribution in [3.05, 3.63) is 60.0 Å². The minimum absolute atomic E-state index is 0.348. The number of aromatic nitrogens is 3. The Bertz CT molecular complexity index is 1170. The number of ether oxygens (including phenoxy) is 1. The van der Waals surface area contributed by atoms with Gasteiger partial charge in [0, 0.05) is 16.3 Å². The first-order valence-electron chi connectivity index (χ1n) is 8.98. The standard InChI is InChI=1S/C21H19ClN4O3/c1-21(2,3)29-20(27)26-12-24-16-10-15(8-9-17(16)26)25-19-23-11-18(28-19)13-4-6-14(22)7-5-13/h4-12H,1-3H3,(H,23,25). The lowest BCUT2D eigenvalue weighted by Gasteiger charge is -2.19. The summed E-state index contributed by atoms with van der Waals surface area (Å²) in [6.07, 6.45) is 2.62. The summed E-state index contributed by atoms with van der Waals surface area (Å²) >= 11 is 5.92. The fourth-order valence-electron chi connectivity index (χ4n) is 2.75. The second kappa shape index (κ2) is 7.25. The third-order valence-corrected chi connectivity index (χ3v) is 4.28. The van der Waals surface area contributed by atoms with Gasteiger partial charge in [-0.25, -0.2) is 19.3 Å². The average molecular weight is 411 g/mol. The highest BCUT2D eigenvalue weighted by atomic mass is 35.5. The number of carbonyl (C=O) groups is 1. The van der Waals surface area contributed by atoms with Crippen LogP contribution in [0.5, 0.6) is 0 Å². The summed E-state index contributed by atoms with van der Waals surface area (Å²) in [5, 5.41) is 3.76. The quantitative estimate of drug-likeness (QED) is 0.454. The van der Waals surface area contributed by atoms with Crippen LogP contribution in [0.4, 0.5) is 16.5 Å². The SMILES string of the molecule is CC(C)(C)OC(=O)n1cnc2cc(Nc3ncc(-c4ccc(Cl)cc4)o3)ccc21. The molecule has 4 aromatic rings. The average Bonchev–Trinajstić information content (AvgIpc) is 3.27. The molecular weight excluding hydrogens is 392 g/mol. The lowest BCUT2D eigenvalue weighted by molar-refractivity contribution is 0.0543. The highest BCUT2D eigenvalue weighted by Gasteiger charge is 2.19. The van der Waals surface area contributed by atoms with Crippen LogP contribution in [0.3, 0.4) is 0 Å². The monoisotopic (exact) mass is 410 g/mol. The zero-order valence-electron chi connectivity index (χ0n) is 16.1. The Morgan fingerprint density at radius 3 is 2.62 bits per heavy atom. The Kier molecular flexibility index (Phi) is 4.76. The molecule has 0 unspecified atom stereocenters. The molecule has 8 heteroatoms. The molecule has 0 amide bonds. The number of imidazole rings is 1. The number of benzene rings is 2. The highest BCUT2D eigenvalue weighted by Crippen LogP contribution is 2.27. The van der Waals surface area contributed by atoms with Crippen molar-refractivity contribution in [3.8, 4) is 11.3 Å². The maximum Gasteiger partial charge on any atom is 0.420 e. The third kappa shape index (κ3) is 4.25. The number of oxazole rings is 1. The predicted octanol–water partition coefficient (Wildman–Crippen LogP) is 5.87. The van der Waals surface area contributed by atoms with E-state index in [0.717, 1.165) is 11.3 Å². The third-order valence-electron chi connectivity index (χ3n) is 4.02. The van der Waals surface area contributed by atoms with Gasteiger partial charge in [-0.3, -0.25) is 0 Å². The second-order valence-electron chi connectivity index (χ2n) is 7.46. The van der Waals surface area contributed by atoms with E-state index >= 15 is 0 Å². The molecule has 2 aromatic carbocycles. The molecule has 0 aliphatic rings. The van der Waals surface area contributed by atoms with Gasteiger partial charge in [-0.05, 0) is 63.2 Å². The largest absolute Gasteiger partial charge is 0.443 e. The van der Waals surface area contributed by atoms with Gasteiger partial charge in [0.15, 0.2) is 5.76 Å². The van der Waals surface area contributed by atoms with Crippen LogP contribution in [0.15, 0.2) is 59.4 Å². The molecule has 0 saturated heterocycles. The molecule has 0 saturated carbocycles. The molecule has 0 aliphatic heterocycles. The maximum atomic E-state index is 12.3. The van der Waals surface area contributed by atoms with Crippen molar-refractivity contribution in [3.63, 3.8) is 0 Å². The van der Waals surface area contributed by atoms with Crippen molar-refractivity contribution in [1.29, 1.82) is 0 Å². The minimum Gasteiger partial charge on any atom is -0.443 e. The van der Waals surface area contributed by atoms with Crippen molar-refractivity contribution < 1.29 is 13.9 Å². The van der Waals surface area contributed by atoms with E-state index < -0.39 is 11.7 Å². The molecule has 0 spiro atoms. The smallest absolute Gasteiger partial charge is 0.420 e. The van der Waals surface area contributed by atoms with Crippen LogP contribution in [0.2, 0.25) is 5.02 Å². The summed E-state index contributed by atoms with van der Waals surface area (Å²) in [5.74, 6) is 0.624. The first-order valence-corrected chi connectivity index (χ1v) is 9.35. The predicted molar refractivity (Wildman–Crippen MR) is 112 cm³/mol. The lowest BCUT2D eigenvalue weighted by Crippen LogP contribution is -2.26. The van der Waals surface area contributed by atoms with Crippen molar-refractivity contribution >= 4 is 40.4 Å². The maximum absolute atomic E-state index is 12.3. The summed E-state index contributed by atoms with van der Waals surface area (Å²) in [5.41, 5.74) is 2.32. The van der Waals surface area contributed by atoms with Gasteiger partial charge in [-0.1, -0.05) is 11.6 Å². The molecule has 0 fully saturated rings. The molecule has 2 heterocycles. The van der Waals surface area contributed by atoms with Gasteiger partial charge in [0.2, 0.25) is 0 Å². The van der Waals surface area contributed by atoms with E-state index in [0.29, 0.717) is 27.8 Å². The van der Waals surface area contributed by atoms with E-state index in [1.807, 2.05) is 45.0 Å². The van der Waals surface area contributed by atoms with E-state index in [-0.39, 0.29) is 0 Å².